The highest BCUT2D eigenvalue weighted by molar-refractivity contribution is 7.99. The molecule has 0 aliphatic heterocycles. The molecule has 0 amide bonds. The van der Waals surface area contributed by atoms with Crippen LogP contribution < -0.4 is 5.32 Å². The van der Waals surface area contributed by atoms with E-state index in [9.17, 15) is 0 Å². The summed E-state index contributed by atoms with van der Waals surface area (Å²) in [5, 5.41) is 5.40. The van der Waals surface area contributed by atoms with Gasteiger partial charge in [-0.3, -0.25) is 0 Å². The first-order chi connectivity index (χ1) is 9.11. The third-order valence-electron chi connectivity index (χ3n) is 2.48. The summed E-state index contributed by atoms with van der Waals surface area (Å²) in [6.07, 6.45) is 1.55. The van der Waals surface area contributed by atoms with Gasteiger partial charge >= 0.3 is 0 Å². The second-order valence-electron chi connectivity index (χ2n) is 3.86. The highest BCUT2D eigenvalue weighted by Crippen LogP contribution is 2.36. The molecule has 0 atom stereocenters. The van der Waals surface area contributed by atoms with Crippen LogP contribution in [0.1, 0.15) is 12.5 Å². The van der Waals surface area contributed by atoms with Crippen LogP contribution in [0.4, 0.5) is 5.82 Å². The van der Waals surface area contributed by atoms with Crippen molar-refractivity contribution >= 4 is 40.8 Å². The summed E-state index contributed by atoms with van der Waals surface area (Å²) in [5.41, 5.74) is 1.00. The SMILES string of the molecule is CCNc1ncnc(Sc2cc(Cl)ccc2Cl)c1C. The van der Waals surface area contributed by atoms with Crippen molar-refractivity contribution in [1.29, 1.82) is 0 Å². The molecule has 2 rings (SSSR count). The molecule has 19 heavy (non-hydrogen) atoms. The number of halogens is 2. The lowest BCUT2D eigenvalue weighted by atomic mass is 10.3. The van der Waals surface area contributed by atoms with Gasteiger partial charge in [-0.1, -0.05) is 35.0 Å². The fourth-order valence-electron chi connectivity index (χ4n) is 1.54. The normalized spacial score (nSPS) is 10.5. The minimum atomic E-state index is 0.658. The minimum absolute atomic E-state index is 0.658. The first-order valence-corrected chi connectivity index (χ1v) is 7.37. The third-order valence-corrected chi connectivity index (χ3v) is 4.32. The Labute approximate surface area is 126 Å². The van der Waals surface area contributed by atoms with Gasteiger partial charge in [0.15, 0.2) is 0 Å². The first-order valence-electron chi connectivity index (χ1n) is 5.80. The molecule has 0 unspecified atom stereocenters. The van der Waals surface area contributed by atoms with Crippen LogP contribution in [0.25, 0.3) is 0 Å². The van der Waals surface area contributed by atoms with Crippen molar-refractivity contribution in [2.24, 2.45) is 0 Å². The molecule has 0 saturated carbocycles. The average molecular weight is 314 g/mol. The number of hydrogen-bond donors (Lipinski definition) is 1. The van der Waals surface area contributed by atoms with Crippen LogP contribution in [0.2, 0.25) is 10.0 Å². The Hall–Kier alpha value is -0.970. The largest absolute Gasteiger partial charge is 0.370 e. The maximum absolute atomic E-state index is 6.16. The Morgan fingerprint density at radius 1 is 1.26 bits per heavy atom. The highest BCUT2D eigenvalue weighted by Gasteiger charge is 2.10. The number of aromatic nitrogens is 2. The van der Waals surface area contributed by atoms with Gasteiger partial charge in [0.2, 0.25) is 0 Å². The first kappa shape index (κ1) is 14.4. The van der Waals surface area contributed by atoms with E-state index >= 15 is 0 Å². The van der Waals surface area contributed by atoms with E-state index in [1.165, 1.54) is 11.8 Å². The Balaban J connectivity index is 2.33. The summed E-state index contributed by atoms with van der Waals surface area (Å²) < 4.78 is 0. The second kappa shape index (κ2) is 6.46. The molecule has 0 saturated heterocycles. The van der Waals surface area contributed by atoms with E-state index < -0.39 is 0 Å². The van der Waals surface area contributed by atoms with Crippen LogP contribution in [-0.4, -0.2) is 16.5 Å². The van der Waals surface area contributed by atoms with E-state index in [0.29, 0.717) is 10.0 Å². The zero-order valence-corrected chi connectivity index (χ0v) is 12.9. The van der Waals surface area contributed by atoms with Crippen molar-refractivity contribution in [3.8, 4) is 0 Å². The van der Waals surface area contributed by atoms with Crippen molar-refractivity contribution in [2.75, 3.05) is 11.9 Å². The molecule has 6 heteroatoms. The lowest BCUT2D eigenvalue weighted by Crippen LogP contribution is -2.03. The topological polar surface area (TPSA) is 37.8 Å². The quantitative estimate of drug-likeness (QED) is 0.832. The second-order valence-corrected chi connectivity index (χ2v) is 5.73. The molecular weight excluding hydrogens is 301 g/mol. The molecule has 0 aliphatic rings. The molecule has 0 fully saturated rings. The van der Waals surface area contributed by atoms with Crippen LogP contribution in [0.5, 0.6) is 0 Å². The summed E-state index contributed by atoms with van der Waals surface area (Å²) in [5.74, 6) is 0.846. The van der Waals surface area contributed by atoms with Gasteiger partial charge in [0.1, 0.15) is 17.2 Å². The standard InChI is InChI=1S/C13H13Cl2N3S/c1-3-16-12-8(2)13(18-7-17-12)19-11-6-9(14)4-5-10(11)15/h4-7H,3H2,1-2H3,(H,16,17,18). The van der Waals surface area contributed by atoms with Gasteiger partial charge in [-0.05, 0) is 32.0 Å². The maximum atomic E-state index is 6.16. The predicted molar refractivity (Wildman–Crippen MR) is 81.5 cm³/mol. The van der Waals surface area contributed by atoms with Gasteiger partial charge in [0, 0.05) is 22.0 Å². The Morgan fingerprint density at radius 3 is 2.79 bits per heavy atom. The predicted octanol–water partition coefficient (Wildman–Crippen LogP) is 4.67. The molecule has 2 aromatic rings. The summed E-state index contributed by atoms with van der Waals surface area (Å²) in [7, 11) is 0. The van der Waals surface area contributed by atoms with Crippen LogP contribution in [0.3, 0.4) is 0 Å². The Bertz CT molecular complexity index is 590. The number of nitrogens with one attached hydrogen (secondary N) is 1. The smallest absolute Gasteiger partial charge is 0.133 e. The minimum Gasteiger partial charge on any atom is -0.370 e. The van der Waals surface area contributed by atoms with Gasteiger partial charge < -0.3 is 5.32 Å². The molecule has 1 heterocycles. The van der Waals surface area contributed by atoms with Gasteiger partial charge in [-0.2, -0.15) is 0 Å². The molecular formula is C13H13Cl2N3S. The van der Waals surface area contributed by atoms with Gasteiger partial charge in [-0.15, -0.1) is 0 Å². The summed E-state index contributed by atoms with van der Waals surface area (Å²) in [6.45, 7) is 4.83. The molecule has 3 nitrogen and oxygen atoms in total. The zero-order chi connectivity index (χ0) is 13.8. The molecule has 100 valence electrons. The van der Waals surface area contributed by atoms with Crippen LogP contribution >= 0.6 is 35.0 Å². The molecule has 0 radical (unpaired) electrons. The van der Waals surface area contributed by atoms with E-state index in [1.54, 1.807) is 18.5 Å². The highest BCUT2D eigenvalue weighted by atomic mass is 35.5. The summed E-state index contributed by atoms with van der Waals surface area (Å²) >= 11 is 13.6. The van der Waals surface area contributed by atoms with Gasteiger partial charge in [0.25, 0.3) is 0 Å². The molecule has 1 N–H and O–H groups in total. The van der Waals surface area contributed by atoms with Gasteiger partial charge in [0.05, 0.1) is 5.02 Å². The Morgan fingerprint density at radius 2 is 2.05 bits per heavy atom. The van der Waals surface area contributed by atoms with Crippen molar-refractivity contribution in [3.05, 3.63) is 40.1 Å². The van der Waals surface area contributed by atoms with Crippen molar-refractivity contribution in [2.45, 2.75) is 23.8 Å². The Kier molecular flexibility index (Phi) is 4.91. The maximum Gasteiger partial charge on any atom is 0.133 e. The molecule has 0 aliphatic carbocycles. The van der Waals surface area contributed by atoms with Crippen molar-refractivity contribution in [3.63, 3.8) is 0 Å². The summed E-state index contributed by atoms with van der Waals surface area (Å²) in [6, 6.07) is 5.39. The zero-order valence-electron chi connectivity index (χ0n) is 10.6. The monoisotopic (exact) mass is 313 g/mol. The average Bonchev–Trinajstić information content (AvgIpc) is 2.39. The molecule has 0 spiro atoms. The summed E-state index contributed by atoms with van der Waals surface area (Å²) in [4.78, 5) is 9.40. The van der Waals surface area contributed by atoms with Crippen molar-refractivity contribution < 1.29 is 0 Å². The van der Waals surface area contributed by atoms with E-state index in [-0.39, 0.29) is 0 Å². The van der Waals surface area contributed by atoms with Crippen LogP contribution in [0, 0.1) is 6.92 Å². The molecule has 0 bridgehead atoms. The molecule has 1 aromatic heterocycles. The third kappa shape index (κ3) is 3.53. The fraction of sp³-hybridized carbons (Fsp3) is 0.231. The lowest BCUT2D eigenvalue weighted by molar-refractivity contribution is 0.990. The van der Waals surface area contributed by atoms with E-state index in [4.69, 9.17) is 23.2 Å². The van der Waals surface area contributed by atoms with E-state index in [2.05, 4.69) is 15.3 Å². The number of rotatable bonds is 4. The number of hydrogen-bond acceptors (Lipinski definition) is 4. The van der Waals surface area contributed by atoms with Crippen LogP contribution in [-0.2, 0) is 0 Å². The number of anilines is 1. The van der Waals surface area contributed by atoms with Gasteiger partial charge in [-0.25, -0.2) is 9.97 Å². The fourth-order valence-corrected chi connectivity index (χ4v) is 2.92. The van der Waals surface area contributed by atoms with Crippen molar-refractivity contribution in [1.82, 2.24) is 9.97 Å². The lowest BCUT2D eigenvalue weighted by Gasteiger charge is -2.10. The van der Waals surface area contributed by atoms with Crippen LogP contribution in [0.15, 0.2) is 34.4 Å². The van der Waals surface area contributed by atoms with E-state index in [0.717, 1.165) is 27.8 Å². The van der Waals surface area contributed by atoms with E-state index in [1.807, 2.05) is 19.9 Å². The number of benzene rings is 1. The number of nitrogens with zero attached hydrogens (tertiary/aromatic N) is 2. The molecule has 1 aromatic carbocycles.